The number of ether oxygens (including phenoxy) is 3. The molecular formula is C35H45ClN2O3. The molecule has 2 heterocycles. The Morgan fingerprint density at radius 2 is 1.39 bits per heavy atom. The van der Waals surface area contributed by atoms with Crippen molar-refractivity contribution in [2.75, 3.05) is 46.4 Å². The summed E-state index contributed by atoms with van der Waals surface area (Å²) in [4.78, 5) is 5.01. The average molecular weight is 577 g/mol. The summed E-state index contributed by atoms with van der Waals surface area (Å²) in [6.45, 7) is 12.2. The minimum Gasteiger partial charge on any atom is -0.496 e. The van der Waals surface area contributed by atoms with E-state index < -0.39 is 0 Å². The molecule has 2 saturated heterocycles. The summed E-state index contributed by atoms with van der Waals surface area (Å²) in [5, 5.41) is 0.622. The van der Waals surface area contributed by atoms with Crippen LogP contribution in [0.5, 0.6) is 17.2 Å². The number of hydrogen-bond donors (Lipinski definition) is 0. The highest BCUT2D eigenvalue weighted by atomic mass is 35.5. The first-order valence-electron chi connectivity index (χ1n) is 15.3. The molecule has 0 radical (unpaired) electrons. The zero-order valence-electron chi connectivity index (χ0n) is 25.0. The number of rotatable bonds is 12. The van der Waals surface area contributed by atoms with Gasteiger partial charge in [-0.15, -0.1) is 0 Å². The molecule has 3 aromatic carbocycles. The summed E-state index contributed by atoms with van der Waals surface area (Å²) in [6, 6.07) is 16.7. The predicted molar refractivity (Wildman–Crippen MR) is 169 cm³/mol. The van der Waals surface area contributed by atoms with Gasteiger partial charge >= 0.3 is 0 Å². The van der Waals surface area contributed by atoms with Gasteiger partial charge in [-0.3, -0.25) is 4.90 Å². The van der Waals surface area contributed by atoms with Crippen molar-refractivity contribution < 1.29 is 14.2 Å². The average Bonchev–Trinajstić information content (AvgIpc) is 3.51. The van der Waals surface area contributed by atoms with Crippen LogP contribution in [0.2, 0.25) is 5.02 Å². The van der Waals surface area contributed by atoms with Crippen LogP contribution in [-0.4, -0.2) is 56.2 Å². The van der Waals surface area contributed by atoms with E-state index in [1.54, 1.807) is 7.11 Å². The van der Waals surface area contributed by atoms with E-state index in [0.717, 1.165) is 61.8 Å². The molecule has 0 spiro atoms. The molecule has 0 aliphatic carbocycles. The van der Waals surface area contributed by atoms with Crippen LogP contribution in [0.25, 0.3) is 11.1 Å². The normalized spacial score (nSPS) is 16.2. The van der Waals surface area contributed by atoms with Gasteiger partial charge in [-0.2, -0.15) is 0 Å². The van der Waals surface area contributed by atoms with Gasteiger partial charge in [-0.1, -0.05) is 48.4 Å². The third-order valence-electron chi connectivity index (χ3n) is 8.66. The molecule has 6 heteroatoms. The van der Waals surface area contributed by atoms with E-state index in [0.29, 0.717) is 17.4 Å². The smallest absolute Gasteiger partial charge is 0.142 e. The highest BCUT2D eigenvalue weighted by molar-refractivity contribution is 6.32. The first-order valence-corrected chi connectivity index (χ1v) is 15.7. The maximum Gasteiger partial charge on any atom is 0.142 e. The van der Waals surface area contributed by atoms with E-state index in [4.69, 9.17) is 25.8 Å². The SMILES string of the molecule is COc1cc(OCc2cccc(-c3cccc(OCCCN4CCCC4)c3C)c2C)c(Cl)cc1CN1CCCCC1. The maximum absolute atomic E-state index is 6.72. The summed E-state index contributed by atoms with van der Waals surface area (Å²) in [6.07, 6.45) is 7.55. The van der Waals surface area contributed by atoms with Crippen LogP contribution in [0.15, 0.2) is 48.5 Å². The van der Waals surface area contributed by atoms with Gasteiger partial charge in [0.2, 0.25) is 0 Å². The van der Waals surface area contributed by atoms with E-state index in [1.165, 1.54) is 67.4 Å². The van der Waals surface area contributed by atoms with Crippen molar-refractivity contribution in [2.24, 2.45) is 0 Å². The molecule has 0 aromatic heterocycles. The zero-order chi connectivity index (χ0) is 28.6. The standard InChI is InChI=1S/C35H45ClN2O3/c1-26-28(25-41-35-23-34(39-3)29(22-32(35)36)24-38-18-5-4-6-19-38)12-9-13-30(26)31-14-10-15-33(27(31)2)40-21-11-20-37-16-7-8-17-37/h9-10,12-15,22-23H,4-8,11,16-21,24-25H2,1-3H3. The van der Waals surface area contributed by atoms with Crippen molar-refractivity contribution in [3.8, 4) is 28.4 Å². The van der Waals surface area contributed by atoms with Crippen molar-refractivity contribution in [2.45, 2.75) is 65.5 Å². The number of halogens is 1. The largest absolute Gasteiger partial charge is 0.496 e. The Labute approximate surface area is 251 Å². The van der Waals surface area contributed by atoms with Crippen molar-refractivity contribution in [1.82, 2.24) is 9.80 Å². The van der Waals surface area contributed by atoms with E-state index in [2.05, 4.69) is 60.0 Å². The molecule has 41 heavy (non-hydrogen) atoms. The van der Waals surface area contributed by atoms with E-state index in [1.807, 2.05) is 12.1 Å². The minimum absolute atomic E-state index is 0.430. The van der Waals surface area contributed by atoms with Crippen molar-refractivity contribution in [1.29, 1.82) is 0 Å². The Hall–Kier alpha value is -2.73. The Kier molecular flexibility index (Phi) is 10.5. The number of hydrogen-bond acceptors (Lipinski definition) is 5. The van der Waals surface area contributed by atoms with Gasteiger partial charge in [0, 0.05) is 24.7 Å². The summed E-state index contributed by atoms with van der Waals surface area (Å²) in [5.41, 5.74) is 7.01. The van der Waals surface area contributed by atoms with E-state index in [9.17, 15) is 0 Å². The third-order valence-corrected chi connectivity index (χ3v) is 8.95. The summed E-state index contributed by atoms with van der Waals surface area (Å²) in [7, 11) is 1.72. The lowest BCUT2D eigenvalue weighted by Crippen LogP contribution is -2.29. The second-order valence-electron chi connectivity index (χ2n) is 11.5. The fourth-order valence-corrected chi connectivity index (χ4v) is 6.43. The lowest BCUT2D eigenvalue weighted by molar-refractivity contribution is 0.218. The van der Waals surface area contributed by atoms with Crippen LogP contribution in [0.4, 0.5) is 0 Å². The van der Waals surface area contributed by atoms with Gasteiger partial charge in [0.15, 0.2) is 0 Å². The lowest BCUT2D eigenvalue weighted by atomic mass is 9.93. The van der Waals surface area contributed by atoms with Crippen LogP contribution in [0.1, 0.15) is 60.8 Å². The van der Waals surface area contributed by atoms with Gasteiger partial charge in [0.1, 0.15) is 23.9 Å². The Balaban J connectivity index is 1.25. The van der Waals surface area contributed by atoms with Crippen LogP contribution in [0.3, 0.4) is 0 Å². The fourth-order valence-electron chi connectivity index (χ4n) is 6.18. The number of methoxy groups -OCH3 is 1. The number of benzene rings is 3. The monoisotopic (exact) mass is 576 g/mol. The minimum atomic E-state index is 0.430. The second-order valence-corrected chi connectivity index (χ2v) is 11.9. The molecule has 0 atom stereocenters. The molecule has 5 rings (SSSR count). The van der Waals surface area contributed by atoms with Gasteiger partial charge in [0.25, 0.3) is 0 Å². The molecule has 2 fully saturated rings. The van der Waals surface area contributed by atoms with Gasteiger partial charge in [0.05, 0.1) is 18.7 Å². The highest BCUT2D eigenvalue weighted by Gasteiger charge is 2.17. The molecule has 5 nitrogen and oxygen atoms in total. The summed E-state index contributed by atoms with van der Waals surface area (Å²) >= 11 is 6.72. The van der Waals surface area contributed by atoms with Crippen molar-refractivity contribution in [3.63, 3.8) is 0 Å². The van der Waals surface area contributed by atoms with Crippen molar-refractivity contribution >= 4 is 11.6 Å². The highest BCUT2D eigenvalue weighted by Crippen LogP contribution is 2.36. The molecule has 0 N–H and O–H groups in total. The molecule has 2 aliphatic rings. The topological polar surface area (TPSA) is 34.2 Å². The molecule has 0 unspecified atom stereocenters. The predicted octanol–water partition coefficient (Wildman–Crippen LogP) is 8.06. The summed E-state index contributed by atoms with van der Waals surface area (Å²) < 4.78 is 18.3. The van der Waals surface area contributed by atoms with Gasteiger partial charge in [-0.25, -0.2) is 0 Å². The molecule has 0 saturated carbocycles. The van der Waals surface area contributed by atoms with Crippen LogP contribution in [-0.2, 0) is 13.2 Å². The summed E-state index contributed by atoms with van der Waals surface area (Å²) in [5.74, 6) is 2.44. The third kappa shape index (κ3) is 7.57. The Morgan fingerprint density at radius 1 is 0.707 bits per heavy atom. The molecular weight excluding hydrogens is 532 g/mol. The molecule has 2 aliphatic heterocycles. The molecule has 220 valence electrons. The van der Waals surface area contributed by atoms with Gasteiger partial charge in [-0.05, 0) is 112 Å². The first-order chi connectivity index (χ1) is 20.0. The zero-order valence-corrected chi connectivity index (χ0v) is 25.8. The Bertz CT molecular complexity index is 1300. The second kappa shape index (κ2) is 14.4. The van der Waals surface area contributed by atoms with Gasteiger partial charge < -0.3 is 19.1 Å². The Morgan fingerprint density at radius 3 is 2.15 bits per heavy atom. The van der Waals surface area contributed by atoms with Crippen LogP contribution >= 0.6 is 11.6 Å². The van der Waals surface area contributed by atoms with Crippen LogP contribution < -0.4 is 14.2 Å². The number of nitrogens with zero attached hydrogens (tertiary/aromatic N) is 2. The van der Waals surface area contributed by atoms with E-state index >= 15 is 0 Å². The quantitative estimate of drug-likeness (QED) is 0.204. The number of piperidine rings is 1. The lowest BCUT2D eigenvalue weighted by Gasteiger charge is -2.27. The molecule has 3 aromatic rings. The van der Waals surface area contributed by atoms with Crippen LogP contribution in [0, 0.1) is 13.8 Å². The molecule has 0 amide bonds. The molecule has 0 bridgehead atoms. The fraction of sp³-hybridized carbons (Fsp3) is 0.486. The van der Waals surface area contributed by atoms with Crippen molar-refractivity contribution in [3.05, 3.63) is 75.8 Å². The first kappa shape index (κ1) is 29.8. The number of likely N-dealkylation sites (tertiary alicyclic amines) is 2. The van der Waals surface area contributed by atoms with E-state index in [-0.39, 0.29) is 0 Å². The maximum atomic E-state index is 6.72.